The number of rotatable bonds is 15. The van der Waals surface area contributed by atoms with Crippen LogP contribution in [0.5, 0.6) is 0 Å². The van der Waals surface area contributed by atoms with Crippen molar-refractivity contribution in [2.24, 2.45) is 11.3 Å². The molecule has 1 atom stereocenters. The van der Waals surface area contributed by atoms with E-state index < -0.39 is 0 Å². The van der Waals surface area contributed by atoms with Gasteiger partial charge in [0, 0.05) is 14.4 Å². The molecule has 4 rings (SSSR count). The van der Waals surface area contributed by atoms with Crippen molar-refractivity contribution in [2.45, 2.75) is 122 Å². The number of benzene rings is 2. The Balaban J connectivity index is 1.44. The van der Waals surface area contributed by atoms with Crippen molar-refractivity contribution in [1.29, 1.82) is 0 Å². The summed E-state index contributed by atoms with van der Waals surface area (Å²) in [6.45, 7) is 7.28. The summed E-state index contributed by atoms with van der Waals surface area (Å²) in [4.78, 5) is 0. The third kappa shape index (κ3) is 6.84. The highest BCUT2D eigenvalue weighted by atomic mass is 79.9. The lowest BCUT2D eigenvalue weighted by Crippen LogP contribution is -2.25. The summed E-state index contributed by atoms with van der Waals surface area (Å²) in [5, 5.41) is 0. The van der Waals surface area contributed by atoms with Gasteiger partial charge in [0.25, 0.3) is 0 Å². The Bertz CT molecular complexity index is 920. The van der Waals surface area contributed by atoms with Crippen LogP contribution in [0.2, 0.25) is 0 Å². The van der Waals surface area contributed by atoms with Crippen LogP contribution in [0.4, 0.5) is 0 Å². The fourth-order valence-electron chi connectivity index (χ4n) is 6.77. The Labute approximate surface area is 232 Å². The first-order valence-electron chi connectivity index (χ1n) is 14.5. The van der Waals surface area contributed by atoms with Crippen molar-refractivity contribution in [3.63, 3.8) is 0 Å². The zero-order valence-electron chi connectivity index (χ0n) is 22.4. The third-order valence-corrected chi connectivity index (χ3v) is 9.97. The van der Waals surface area contributed by atoms with E-state index in [1.165, 1.54) is 116 Å². The predicted molar refractivity (Wildman–Crippen MR) is 160 cm³/mol. The minimum absolute atomic E-state index is 0.165. The fourth-order valence-corrected chi connectivity index (χ4v) is 7.49. The minimum atomic E-state index is 0.165. The molecule has 0 heterocycles. The average Bonchev–Trinajstić information content (AvgIpc) is 3.49. The van der Waals surface area contributed by atoms with E-state index in [1.54, 1.807) is 11.1 Å². The largest absolute Gasteiger partial charge is 0.0654 e. The summed E-state index contributed by atoms with van der Waals surface area (Å²) >= 11 is 7.62. The van der Waals surface area contributed by atoms with Crippen molar-refractivity contribution in [3.8, 4) is 11.1 Å². The number of hydrogen-bond acceptors (Lipinski definition) is 0. The smallest absolute Gasteiger partial charge is 0.0216 e. The van der Waals surface area contributed by atoms with E-state index in [4.69, 9.17) is 0 Å². The fraction of sp³-hybridized carbons (Fsp3) is 0.636. The summed E-state index contributed by atoms with van der Waals surface area (Å²) in [6.07, 6.45) is 20.6. The van der Waals surface area contributed by atoms with E-state index in [-0.39, 0.29) is 5.41 Å². The lowest BCUT2D eigenvalue weighted by Gasteiger charge is -2.33. The summed E-state index contributed by atoms with van der Waals surface area (Å²) in [7, 11) is 0. The molecule has 2 aliphatic carbocycles. The number of fused-ring (bicyclic) bond motifs is 3. The van der Waals surface area contributed by atoms with Crippen LogP contribution >= 0.6 is 31.9 Å². The Hall–Kier alpha value is -0.600. The van der Waals surface area contributed by atoms with Gasteiger partial charge in [-0.3, -0.25) is 0 Å². The van der Waals surface area contributed by atoms with Crippen LogP contribution < -0.4 is 0 Å². The summed E-state index contributed by atoms with van der Waals surface area (Å²) in [6, 6.07) is 14.0. The third-order valence-electron chi connectivity index (χ3n) is 8.99. The second-order valence-corrected chi connectivity index (χ2v) is 14.0. The van der Waals surface area contributed by atoms with E-state index in [0.717, 1.165) is 5.92 Å². The summed E-state index contributed by atoms with van der Waals surface area (Å²) in [5.41, 5.74) is 6.94. The summed E-state index contributed by atoms with van der Waals surface area (Å²) < 4.78 is 2.44. The van der Waals surface area contributed by atoms with Gasteiger partial charge < -0.3 is 0 Å². The minimum Gasteiger partial charge on any atom is -0.0654 e. The molecule has 0 N–H and O–H groups in total. The van der Waals surface area contributed by atoms with E-state index in [1.807, 2.05) is 0 Å². The second-order valence-electron chi connectivity index (χ2n) is 12.2. The molecule has 2 aliphatic rings. The van der Waals surface area contributed by atoms with E-state index in [0.29, 0.717) is 5.41 Å². The standard InChI is InChI=1S/C33H46Br2/c1-4-5-6-8-11-18-33(19-12-9-7-10-13-25(2)24-32(3)20-21-32)30-22-26(34)14-16-28(30)29-17-15-27(35)23-31(29)33/h14-17,22-23,25H,4-13,18-21,24H2,1-3H3. The van der Waals surface area contributed by atoms with Crippen molar-refractivity contribution >= 4 is 31.9 Å². The number of halogens is 2. The van der Waals surface area contributed by atoms with Crippen LogP contribution in [-0.4, -0.2) is 0 Å². The molecule has 0 bridgehead atoms. The lowest BCUT2D eigenvalue weighted by molar-refractivity contribution is 0.361. The quantitative estimate of drug-likeness (QED) is 0.178. The molecule has 0 saturated heterocycles. The highest BCUT2D eigenvalue weighted by Crippen LogP contribution is 2.55. The molecule has 0 radical (unpaired) electrons. The normalized spacial score (nSPS) is 17.7. The van der Waals surface area contributed by atoms with Crippen LogP contribution in [0.25, 0.3) is 11.1 Å². The van der Waals surface area contributed by atoms with E-state index in [2.05, 4.69) is 89.0 Å². The molecular formula is C33H46Br2. The van der Waals surface area contributed by atoms with Gasteiger partial charge in [0.15, 0.2) is 0 Å². The number of hydrogen-bond donors (Lipinski definition) is 0. The average molecular weight is 603 g/mol. The molecule has 0 aromatic heterocycles. The molecule has 0 spiro atoms. The Kier molecular flexibility index (Phi) is 9.64. The molecule has 2 aromatic rings. The first-order chi connectivity index (χ1) is 16.9. The SMILES string of the molecule is CCCCCCCC1(CCCCCCC(C)CC2(C)CC2)c2cc(Br)ccc2-c2ccc(Br)cc21. The maximum absolute atomic E-state index is 3.81. The maximum atomic E-state index is 3.81. The Morgan fingerprint density at radius 1 is 0.743 bits per heavy atom. The first-order valence-corrected chi connectivity index (χ1v) is 16.1. The van der Waals surface area contributed by atoms with Crippen LogP contribution in [0.1, 0.15) is 128 Å². The van der Waals surface area contributed by atoms with Crippen LogP contribution in [0.3, 0.4) is 0 Å². The highest BCUT2D eigenvalue weighted by molar-refractivity contribution is 9.10. The van der Waals surface area contributed by atoms with Gasteiger partial charge >= 0.3 is 0 Å². The van der Waals surface area contributed by atoms with Gasteiger partial charge in [0.2, 0.25) is 0 Å². The molecule has 192 valence electrons. The molecular weight excluding hydrogens is 556 g/mol. The molecule has 0 aliphatic heterocycles. The van der Waals surface area contributed by atoms with Gasteiger partial charge in [-0.2, -0.15) is 0 Å². The van der Waals surface area contributed by atoms with Gasteiger partial charge in [-0.1, -0.05) is 129 Å². The topological polar surface area (TPSA) is 0 Å². The Morgan fingerprint density at radius 2 is 1.26 bits per heavy atom. The molecule has 1 unspecified atom stereocenters. The van der Waals surface area contributed by atoms with Crippen LogP contribution in [0, 0.1) is 11.3 Å². The first kappa shape index (κ1) is 27.4. The molecule has 2 heteroatoms. The van der Waals surface area contributed by atoms with Gasteiger partial charge in [0.1, 0.15) is 0 Å². The second kappa shape index (κ2) is 12.3. The van der Waals surface area contributed by atoms with Crippen molar-refractivity contribution < 1.29 is 0 Å². The molecule has 0 nitrogen and oxygen atoms in total. The van der Waals surface area contributed by atoms with Gasteiger partial charge in [-0.25, -0.2) is 0 Å². The molecule has 0 amide bonds. The van der Waals surface area contributed by atoms with Crippen LogP contribution in [0.15, 0.2) is 45.3 Å². The monoisotopic (exact) mass is 600 g/mol. The highest BCUT2D eigenvalue weighted by Gasteiger charge is 2.42. The summed E-state index contributed by atoms with van der Waals surface area (Å²) in [5.74, 6) is 0.903. The van der Waals surface area contributed by atoms with Crippen molar-refractivity contribution in [1.82, 2.24) is 0 Å². The van der Waals surface area contributed by atoms with Crippen LogP contribution in [-0.2, 0) is 5.41 Å². The van der Waals surface area contributed by atoms with Gasteiger partial charge in [-0.15, -0.1) is 0 Å². The maximum Gasteiger partial charge on any atom is 0.0216 e. The molecule has 35 heavy (non-hydrogen) atoms. The molecule has 1 fully saturated rings. The predicted octanol–water partition coefficient (Wildman–Crippen LogP) is 12.0. The van der Waals surface area contributed by atoms with E-state index in [9.17, 15) is 0 Å². The number of unbranched alkanes of at least 4 members (excludes halogenated alkanes) is 7. The molecule has 1 saturated carbocycles. The van der Waals surface area contributed by atoms with Gasteiger partial charge in [-0.05, 0) is 90.0 Å². The van der Waals surface area contributed by atoms with Gasteiger partial charge in [0.05, 0.1) is 0 Å². The van der Waals surface area contributed by atoms with Crippen molar-refractivity contribution in [3.05, 3.63) is 56.5 Å². The van der Waals surface area contributed by atoms with E-state index >= 15 is 0 Å². The zero-order valence-corrected chi connectivity index (χ0v) is 25.6. The lowest BCUT2D eigenvalue weighted by atomic mass is 9.70. The zero-order chi connectivity index (χ0) is 24.9. The molecule has 2 aromatic carbocycles. The van der Waals surface area contributed by atoms with Crippen molar-refractivity contribution in [2.75, 3.05) is 0 Å². The Morgan fingerprint density at radius 3 is 1.77 bits per heavy atom.